The molecule has 3 nitrogen and oxygen atoms in total. The summed E-state index contributed by atoms with van der Waals surface area (Å²) in [4.78, 5) is 13.6. The molecule has 1 amide bonds. The van der Waals surface area contributed by atoms with Crippen LogP contribution in [0.1, 0.15) is 33.1 Å². The average molecular weight is 184 g/mol. The number of rotatable bonds is 3. The molecule has 0 radical (unpaired) electrons. The molecule has 0 saturated heterocycles. The van der Waals surface area contributed by atoms with Gasteiger partial charge < -0.3 is 10.6 Å². The average Bonchev–Trinajstić information content (AvgIpc) is 1.99. The number of likely N-dealkylation sites (N-methyl/N-ethyl adjacent to an activating group) is 1. The zero-order chi connectivity index (χ0) is 10.1. The molecular weight excluding hydrogens is 164 g/mol. The predicted octanol–water partition coefficient (Wildman–Crippen LogP) is 0.982. The SMILES string of the molecule is CN(C(=O)C1CCC1)C(C)(C)CN. The molecule has 0 aromatic heterocycles. The topological polar surface area (TPSA) is 46.3 Å². The van der Waals surface area contributed by atoms with Crippen LogP contribution in [-0.2, 0) is 4.79 Å². The Balaban J connectivity index is 2.55. The summed E-state index contributed by atoms with van der Waals surface area (Å²) >= 11 is 0. The first-order valence-electron chi connectivity index (χ1n) is 4.97. The van der Waals surface area contributed by atoms with Gasteiger partial charge in [0, 0.05) is 25.0 Å². The summed E-state index contributed by atoms with van der Waals surface area (Å²) in [5.74, 6) is 0.539. The van der Waals surface area contributed by atoms with E-state index in [9.17, 15) is 4.79 Å². The minimum Gasteiger partial charge on any atom is -0.339 e. The van der Waals surface area contributed by atoms with Crippen molar-refractivity contribution in [2.24, 2.45) is 11.7 Å². The third-order valence-corrected chi connectivity index (χ3v) is 3.19. The van der Waals surface area contributed by atoms with Crippen LogP contribution in [0.3, 0.4) is 0 Å². The quantitative estimate of drug-likeness (QED) is 0.710. The summed E-state index contributed by atoms with van der Waals surface area (Å²) in [7, 11) is 1.85. The van der Waals surface area contributed by atoms with Crippen LogP contribution in [0, 0.1) is 5.92 Å². The molecule has 0 aromatic rings. The van der Waals surface area contributed by atoms with Crippen LogP contribution in [0.4, 0.5) is 0 Å². The first-order chi connectivity index (χ1) is 5.99. The number of carbonyl (C=O) groups is 1. The molecule has 0 atom stereocenters. The maximum Gasteiger partial charge on any atom is 0.225 e. The summed E-state index contributed by atoms with van der Waals surface area (Å²) in [6.45, 7) is 4.52. The molecule has 0 aromatic carbocycles. The minimum absolute atomic E-state index is 0.202. The van der Waals surface area contributed by atoms with Crippen LogP contribution >= 0.6 is 0 Å². The van der Waals surface area contributed by atoms with E-state index in [0.717, 1.165) is 12.8 Å². The first kappa shape index (κ1) is 10.5. The highest BCUT2D eigenvalue weighted by Crippen LogP contribution is 2.29. The molecule has 76 valence electrons. The molecule has 2 N–H and O–H groups in total. The third-order valence-electron chi connectivity index (χ3n) is 3.19. The molecule has 13 heavy (non-hydrogen) atoms. The predicted molar refractivity (Wildman–Crippen MR) is 53.2 cm³/mol. The zero-order valence-corrected chi connectivity index (χ0v) is 8.84. The molecule has 0 bridgehead atoms. The van der Waals surface area contributed by atoms with E-state index in [1.54, 1.807) is 4.90 Å². The van der Waals surface area contributed by atoms with Gasteiger partial charge in [0.1, 0.15) is 0 Å². The Labute approximate surface area is 80.3 Å². The van der Waals surface area contributed by atoms with Gasteiger partial charge in [-0.15, -0.1) is 0 Å². The van der Waals surface area contributed by atoms with Crippen molar-refractivity contribution < 1.29 is 4.79 Å². The molecule has 3 heteroatoms. The Morgan fingerprint density at radius 1 is 1.54 bits per heavy atom. The molecule has 0 unspecified atom stereocenters. The van der Waals surface area contributed by atoms with Crippen LogP contribution in [0.5, 0.6) is 0 Å². The van der Waals surface area contributed by atoms with E-state index >= 15 is 0 Å². The Hall–Kier alpha value is -0.570. The fraction of sp³-hybridized carbons (Fsp3) is 0.900. The smallest absolute Gasteiger partial charge is 0.225 e. The van der Waals surface area contributed by atoms with E-state index in [2.05, 4.69) is 0 Å². The molecule has 1 aliphatic carbocycles. The summed E-state index contributed by atoms with van der Waals surface area (Å²) in [5.41, 5.74) is 5.41. The first-order valence-corrected chi connectivity index (χ1v) is 4.97. The standard InChI is InChI=1S/C10H20N2O/c1-10(2,7-11)12(3)9(13)8-5-4-6-8/h8H,4-7,11H2,1-3H3. The van der Waals surface area contributed by atoms with Crippen molar-refractivity contribution in [1.82, 2.24) is 4.90 Å². The molecule has 0 aliphatic heterocycles. The molecule has 1 aliphatic rings. The lowest BCUT2D eigenvalue weighted by atomic mass is 9.83. The highest BCUT2D eigenvalue weighted by molar-refractivity contribution is 5.80. The monoisotopic (exact) mass is 184 g/mol. The number of nitrogens with zero attached hydrogens (tertiary/aromatic N) is 1. The molecular formula is C10H20N2O. The van der Waals surface area contributed by atoms with Crippen molar-refractivity contribution in [2.45, 2.75) is 38.6 Å². The molecule has 1 rings (SSSR count). The van der Waals surface area contributed by atoms with Crippen molar-refractivity contribution in [2.75, 3.05) is 13.6 Å². The van der Waals surface area contributed by atoms with Crippen molar-refractivity contribution in [1.29, 1.82) is 0 Å². The maximum atomic E-state index is 11.8. The van der Waals surface area contributed by atoms with E-state index in [1.165, 1.54) is 6.42 Å². The van der Waals surface area contributed by atoms with E-state index in [-0.39, 0.29) is 17.4 Å². The molecule has 1 fully saturated rings. The molecule has 1 saturated carbocycles. The van der Waals surface area contributed by atoms with Gasteiger partial charge in [-0.2, -0.15) is 0 Å². The van der Waals surface area contributed by atoms with Crippen LogP contribution in [0.2, 0.25) is 0 Å². The van der Waals surface area contributed by atoms with Crippen molar-refractivity contribution in [3.05, 3.63) is 0 Å². The fourth-order valence-corrected chi connectivity index (χ4v) is 1.36. The lowest BCUT2D eigenvalue weighted by molar-refractivity contribution is -0.141. The number of nitrogens with two attached hydrogens (primary N) is 1. The van der Waals surface area contributed by atoms with Gasteiger partial charge >= 0.3 is 0 Å². The lowest BCUT2D eigenvalue weighted by Gasteiger charge is -2.39. The Morgan fingerprint density at radius 2 is 2.08 bits per heavy atom. The lowest BCUT2D eigenvalue weighted by Crippen LogP contribution is -2.52. The molecule has 0 heterocycles. The van der Waals surface area contributed by atoms with E-state index in [1.807, 2.05) is 20.9 Å². The number of amides is 1. The van der Waals surface area contributed by atoms with Crippen molar-refractivity contribution in [3.8, 4) is 0 Å². The zero-order valence-electron chi connectivity index (χ0n) is 8.84. The van der Waals surface area contributed by atoms with Crippen molar-refractivity contribution in [3.63, 3.8) is 0 Å². The Bertz CT molecular complexity index is 197. The van der Waals surface area contributed by atoms with Crippen LogP contribution in [0.25, 0.3) is 0 Å². The molecule has 0 spiro atoms. The summed E-state index contributed by atoms with van der Waals surface area (Å²) in [5, 5.41) is 0. The van der Waals surface area contributed by atoms with Crippen LogP contribution < -0.4 is 5.73 Å². The van der Waals surface area contributed by atoms with E-state index < -0.39 is 0 Å². The summed E-state index contributed by atoms with van der Waals surface area (Å²) in [6, 6.07) is 0. The van der Waals surface area contributed by atoms with Gasteiger partial charge in [0.05, 0.1) is 0 Å². The van der Waals surface area contributed by atoms with E-state index in [0.29, 0.717) is 6.54 Å². The van der Waals surface area contributed by atoms with Gasteiger partial charge in [0.25, 0.3) is 0 Å². The Morgan fingerprint density at radius 3 is 2.38 bits per heavy atom. The van der Waals surface area contributed by atoms with E-state index in [4.69, 9.17) is 5.73 Å². The highest BCUT2D eigenvalue weighted by atomic mass is 16.2. The number of carbonyl (C=O) groups excluding carboxylic acids is 1. The second-order valence-corrected chi connectivity index (χ2v) is 4.54. The van der Waals surface area contributed by atoms with Gasteiger partial charge in [-0.05, 0) is 26.7 Å². The van der Waals surface area contributed by atoms with Gasteiger partial charge in [-0.25, -0.2) is 0 Å². The van der Waals surface area contributed by atoms with Crippen LogP contribution in [-0.4, -0.2) is 29.9 Å². The second kappa shape index (κ2) is 3.66. The number of hydrogen-bond acceptors (Lipinski definition) is 2. The maximum absolute atomic E-state index is 11.8. The summed E-state index contributed by atoms with van der Waals surface area (Å²) in [6.07, 6.45) is 3.32. The summed E-state index contributed by atoms with van der Waals surface area (Å²) < 4.78 is 0. The third kappa shape index (κ3) is 2.02. The normalized spacial score (nSPS) is 18.2. The van der Waals surface area contributed by atoms with Crippen molar-refractivity contribution >= 4 is 5.91 Å². The Kier molecular flexibility index (Phi) is 2.96. The minimum atomic E-state index is -0.202. The van der Waals surface area contributed by atoms with Gasteiger partial charge in [-0.3, -0.25) is 4.79 Å². The van der Waals surface area contributed by atoms with Gasteiger partial charge in [-0.1, -0.05) is 6.42 Å². The largest absolute Gasteiger partial charge is 0.339 e. The van der Waals surface area contributed by atoms with Gasteiger partial charge in [0.15, 0.2) is 0 Å². The highest BCUT2D eigenvalue weighted by Gasteiger charge is 2.33. The second-order valence-electron chi connectivity index (χ2n) is 4.54. The fourth-order valence-electron chi connectivity index (χ4n) is 1.36. The van der Waals surface area contributed by atoms with Gasteiger partial charge in [0.2, 0.25) is 5.91 Å². The number of hydrogen-bond donors (Lipinski definition) is 1. The van der Waals surface area contributed by atoms with Crippen LogP contribution in [0.15, 0.2) is 0 Å².